The van der Waals surface area contributed by atoms with Gasteiger partial charge in [-0.2, -0.15) is 9.97 Å². The summed E-state index contributed by atoms with van der Waals surface area (Å²) in [5.41, 5.74) is 8.61. The Balaban J connectivity index is 2.75. The molecule has 15 heavy (non-hydrogen) atoms. The van der Waals surface area contributed by atoms with Gasteiger partial charge in [-0.1, -0.05) is 6.92 Å². The molecule has 84 valence electrons. The monoisotopic (exact) mass is 210 g/mol. The molecule has 0 atom stereocenters. The molecular formula is C9H18N6. The topological polar surface area (TPSA) is 79.1 Å². The summed E-state index contributed by atoms with van der Waals surface area (Å²) in [4.78, 5) is 8.13. The Morgan fingerprint density at radius 1 is 1.33 bits per heavy atom. The van der Waals surface area contributed by atoms with Gasteiger partial charge in [0.05, 0.1) is 0 Å². The minimum absolute atomic E-state index is 0.264. The highest BCUT2D eigenvalue weighted by Gasteiger charge is 2.01. The Hall–Kier alpha value is -1.56. The molecule has 0 aliphatic heterocycles. The van der Waals surface area contributed by atoms with Gasteiger partial charge in [-0.05, 0) is 6.42 Å². The summed E-state index contributed by atoms with van der Waals surface area (Å²) in [7, 11) is 3.77. The molecule has 0 saturated carbocycles. The van der Waals surface area contributed by atoms with Crippen molar-refractivity contribution >= 4 is 17.6 Å². The molecule has 0 aromatic carbocycles. The molecular weight excluding hydrogens is 192 g/mol. The van der Waals surface area contributed by atoms with Gasteiger partial charge in [0.15, 0.2) is 0 Å². The first kappa shape index (κ1) is 11.5. The lowest BCUT2D eigenvalue weighted by Gasteiger charge is -2.13. The maximum atomic E-state index is 5.59. The molecule has 1 rings (SSSR count). The van der Waals surface area contributed by atoms with Gasteiger partial charge in [0.2, 0.25) is 5.95 Å². The van der Waals surface area contributed by atoms with E-state index in [0.717, 1.165) is 18.8 Å². The molecule has 0 spiro atoms. The van der Waals surface area contributed by atoms with E-state index in [-0.39, 0.29) is 5.95 Å². The minimum Gasteiger partial charge on any atom is -0.370 e. The maximum absolute atomic E-state index is 5.59. The molecule has 4 N–H and O–H groups in total. The van der Waals surface area contributed by atoms with E-state index in [2.05, 4.69) is 27.6 Å². The summed E-state index contributed by atoms with van der Waals surface area (Å²) < 4.78 is 0. The van der Waals surface area contributed by atoms with Crippen LogP contribution < -0.4 is 16.5 Å². The number of rotatable bonds is 5. The van der Waals surface area contributed by atoms with Crippen LogP contribution in [-0.4, -0.2) is 35.6 Å². The highest BCUT2D eigenvalue weighted by Crippen LogP contribution is 2.12. The van der Waals surface area contributed by atoms with E-state index in [1.807, 2.05) is 20.2 Å². The predicted molar refractivity (Wildman–Crippen MR) is 62.5 cm³/mol. The number of nitrogen functional groups attached to an aromatic ring is 1. The highest BCUT2D eigenvalue weighted by atomic mass is 15.5. The zero-order valence-electron chi connectivity index (χ0n) is 9.41. The average molecular weight is 210 g/mol. The molecule has 1 aromatic heterocycles. The lowest BCUT2D eigenvalue weighted by molar-refractivity contribution is 0.492. The first-order chi connectivity index (χ1) is 7.11. The zero-order valence-corrected chi connectivity index (χ0v) is 9.41. The van der Waals surface area contributed by atoms with Crippen LogP contribution in [0.25, 0.3) is 0 Å². The van der Waals surface area contributed by atoms with E-state index in [9.17, 15) is 0 Å². The van der Waals surface area contributed by atoms with Crippen LogP contribution in [-0.2, 0) is 0 Å². The summed E-state index contributed by atoms with van der Waals surface area (Å²) in [5.74, 6) is 1.69. The normalized spacial score (nSPS) is 10.4. The van der Waals surface area contributed by atoms with Gasteiger partial charge in [0.1, 0.15) is 11.6 Å². The van der Waals surface area contributed by atoms with Gasteiger partial charge in [0, 0.05) is 26.7 Å². The second-order valence-electron chi connectivity index (χ2n) is 3.43. The van der Waals surface area contributed by atoms with Crippen molar-refractivity contribution in [2.75, 3.05) is 37.1 Å². The van der Waals surface area contributed by atoms with E-state index in [4.69, 9.17) is 5.73 Å². The fourth-order valence-electron chi connectivity index (χ4n) is 1.10. The predicted octanol–water partition coefficient (Wildman–Crippen LogP) is 0.769. The molecule has 0 bridgehead atoms. The molecule has 0 aliphatic rings. The third-order valence-corrected chi connectivity index (χ3v) is 1.64. The SMILES string of the molecule is CCCNc1cc(NN(C)C)nc(N)n1. The largest absolute Gasteiger partial charge is 0.370 e. The third kappa shape index (κ3) is 3.99. The van der Waals surface area contributed by atoms with Crippen molar-refractivity contribution in [3.63, 3.8) is 0 Å². The zero-order chi connectivity index (χ0) is 11.3. The lowest BCUT2D eigenvalue weighted by atomic mass is 10.4. The quantitative estimate of drug-likeness (QED) is 0.623. The van der Waals surface area contributed by atoms with Crippen LogP contribution in [0.15, 0.2) is 6.07 Å². The molecule has 1 aromatic rings. The van der Waals surface area contributed by atoms with Gasteiger partial charge in [-0.3, -0.25) is 0 Å². The lowest BCUT2D eigenvalue weighted by Crippen LogP contribution is -2.21. The third-order valence-electron chi connectivity index (χ3n) is 1.64. The second-order valence-corrected chi connectivity index (χ2v) is 3.43. The van der Waals surface area contributed by atoms with Crippen molar-refractivity contribution in [3.8, 4) is 0 Å². The van der Waals surface area contributed by atoms with Gasteiger partial charge in [0.25, 0.3) is 0 Å². The van der Waals surface area contributed by atoms with Crippen LogP contribution in [0.5, 0.6) is 0 Å². The van der Waals surface area contributed by atoms with Crippen molar-refractivity contribution in [2.45, 2.75) is 13.3 Å². The molecule has 1 heterocycles. The van der Waals surface area contributed by atoms with E-state index >= 15 is 0 Å². The molecule has 6 heteroatoms. The van der Waals surface area contributed by atoms with Gasteiger partial charge in [-0.25, -0.2) is 5.01 Å². The Morgan fingerprint density at radius 3 is 2.60 bits per heavy atom. The molecule has 6 nitrogen and oxygen atoms in total. The van der Waals surface area contributed by atoms with Crippen LogP contribution in [0.3, 0.4) is 0 Å². The number of nitrogens with one attached hydrogen (secondary N) is 2. The van der Waals surface area contributed by atoms with Gasteiger partial charge >= 0.3 is 0 Å². The van der Waals surface area contributed by atoms with E-state index in [0.29, 0.717) is 5.82 Å². The van der Waals surface area contributed by atoms with Crippen LogP contribution in [0.1, 0.15) is 13.3 Å². The summed E-state index contributed by atoms with van der Waals surface area (Å²) in [6.07, 6.45) is 1.04. The standard InChI is InChI=1S/C9H18N6/c1-4-5-11-7-6-8(14-15(2)3)13-9(10)12-7/h6H,4-5H2,1-3H3,(H4,10,11,12,13,14). The fraction of sp³-hybridized carbons (Fsp3) is 0.556. The number of aromatic nitrogens is 2. The Kier molecular flexibility index (Phi) is 4.11. The fourth-order valence-corrected chi connectivity index (χ4v) is 1.10. The van der Waals surface area contributed by atoms with Gasteiger partial charge in [-0.15, -0.1) is 0 Å². The van der Waals surface area contributed by atoms with Crippen molar-refractivity contribution < 1.29 is 0 Å². The Morgan fingerprint density at radius 2 is 2.00 bits per heavy atom. The first-order valence-corrected chi connectivity index (χ1v) is 4.94. The van der Waals surface area contributed by atoms with E-state index < -0.39 is 0 Å². The van der Waals surface area contributed by atoms with E-state index in [1.54, 1.807) is 5.01 Å². The van der Waals surface area contributed by atoms with E-state index in [1.165, 1.54) is 0 Å². The second kappa shape index (κ2) is 5.35. The van der Waals surface area contributed by atoms with Crippen LogP contribution in [0.4, 0.5) is 17.6 Å². The summed E-state index contributed by atoms with van der Waals surface area (Å²) in [5, 5.41) is 4.96. The van der Waals surface area contributed by atoms with Crippen molar-refractivity contribution in [3.05, 3.63) is 6.07 Å². The van der Waals surface area contributed by atoms with Crippen molar-refractivity contribution in [2.24, 2.45) is 0 Å². The maximum Gasteiger partial charge on any atom is 0.223 e. The van der Waals surface area contributed by atoms with Gasteiger partial charge < -0.3 is 16.5 Å². The summed E-state index contributed by atoms with van der Waals surface area (Å²) >= 11 is 0. The number of nitrogens with two attached hydrogens (primary N) is 1. The molecule has 0 unspecified atom stereocenters. The number of hydrogen-bond acceptors (Lipinski definition) is 6. The van der Waals surface area contributed by atoms with Crippen molar-refractivity contribution in [1.82, 2.24) is 15.0 Å². The number of hydrazine groups is 1. The Bertz CT molecular complexity index is 311. The van der Waals surface area contributed by atoms with Crippen molar-refractivity contribution in [1.29, 1.82) is 0 Å². The molecule has 0 saturated heterocycles. The minimum atomic E-state index is 0.264. The van der Waals surface area contributed by atoms with Crippen LogP contribution in [0, 0.1) is 0 Å². The average Bonchev–Trinajstić information content (AvgIpc) is 2.12. The summed E-state index contributed by atoms with van der Waals surface area (Å²) in [6.45, 7) is 2.97. The number of hydrogen-bond donors (Lipinski definition) is 3. The summed E-state index contributed by atoms with van der Waals surface area (Å²) in [6, 6.07) is 1.83. The Labute approximate surface area is 89.9 Å². The van der Waals surface area contributed by atoms with Crippen LogP contribution in [0.2, 0.25) is 0 Å². The van der Waals surface area contributed by atoms with Crippen LogP contribution >= 0.6 is 0 Å². The number of anilines is 3. The first-order valence-electron chi connectivity index (χ1n) is 4.94. The molecule has 0 fully saturated rings. The molecule has 0 radical (unpaired) electrons. The highest BCUT2D eigenvalue weighted by molar-refractivity contribution is 5.50. The smallest absolute Gasteiger partial charge is 0.223 e. The number of nitrogens with zero attached hydrogens (tertiary/aromatic N) is 3. The molecule has 0 amide bonds. The molecule has 0 aliphatic carbocycles.